The van der Waals surface area contributed by atoms with E-state index in [-0.39, 0.29) is 0 Å². The van der Waals surface area contributed by atoms with E-state index < -0.39 is 6.10 Å². The first kappa shape index (κ1) is 10.8. The molecule has 2 rings (SSSR count). The van der Waals surface area contributed by atoms with Crippen LogP contribution in [0.2, 0.25) is 0 Å². The van der Waals surface area contributed by atoms with Gasteiger partial charge in [0.2, 0.25) is 0 Å². The van der Waals surface area contributed by atoms with Gasteiger partial charge in [-0.3, -0.25) is 0 Å². The Balaban J connectivity index is 2.38. The van der Waals surface area contributed by atoms with Crippen LogP contribution in [0, 0.1) is 0 Å². The molecule has 0 aliphatic carbocycles. The van der Waals surface area contributed by atoms with E-state index in [2.05, 4.69) is 31.9 Å². The van der Waals surface area contributed by atoms with Crippen molar-refractivity contribution >= 4 is 54.5 Å². The molecule has 0 amide bonds. The maximum absolute atomic E-state index is 10.1. The second-order valence-electron chi connectivity index (χ2n) is 2.75. The molecule has 0 aliphatic rings. The van der Waals surface area contributed by atoms with Crippen LogP contribution >= 0.6 is 54.5 Å². The van der Waals surface area contributed by atoms with Gasteiger partial charge in [-0.05, 0) is 42.6 Å². The molecule has 1 nitrogen and oxygen atoms in total. The zero-order chi connectivity index (χ0) is 10.1. The second kappa shape index (κ2) is 4.45. The molecule has 2 aromatic heterocycles. The molecule has 14 heavy (non-hydrogen) atoms. The van der Waals surface area contributed by atoms with Gasteiger partial charge in [0, 0.05) is 30.8 Å². The molecule has 0 saturated heterocycles. The molecule has 0 saturated carbocycles. The van der Waals surface area contributed by atoms with E-state index in [1.807, 2.05) is 21.5 Å². The Kier molecular flexibility index (Phi) is 3.44. The molecule has 0 atom stereocenters. The summed E-state index contributed by atoms with van der Waals surface area (Å²) in [4.78, 5) is 0. The highest BCUT2D eigenvalue weighted by atomic mass is 79.9. The molecule has 0 radical (unpaired) electrons. The lowest BCUT2D eigenvalue weighted by Gasteiger charge is -2.08. The van der Waals surface area contributed by atoms with Gasteiger partial charge in [0.05, 0.1) is 0 Å². The highest BCUT2D eigenvalue weighted by Crippen LogP contribution is 2.36. The lowest BCUT2D eigenvalue weighted by Crippen LogP contribution is -1.97. The topological polar surface area (TPSA) is 20.2 Å². The SMILES string of the molecule is OC(c1cscc1Br)c1cscc1Br. The van der Waals surface area contributed by atoms with Gasteiger partial charge < -0.3 is 5.11 Å². The van der Waals surface area contributed by atoms with E-state index >= 15 is 0 Å². The molecule has 0 aromatic carbocycles. The lowest BCUT2D eigenvalue weighted by atomic mass is 10.1. The highest BCUT2D eigenvalue weighted by Gasteiger charge is 2.17. The minimum Gasteiger partial charge on any atom is -0.384 e. The van der Waals surface area contributed by atoms with E-state index in [0.29, 0.717) is 0 Å². The minimum atomic E-state index is -0.545. The third-order valence-electron chi connectivity index (χ3n) is 1.87. The van der Waals surface area contributed by atoms with Gasteiger partial charge in [-0.15, -0.1) is 0 Å². The summed E-state index contributed by atoms with van der Waals surface area (Å²) in [5.41, 5.74) is 1.85. The number of hydrogen-bond acceptors (Lipinski definition) is 3. The molecule has 74 valence electrons. The zero-order valence-corrected chi connectivity index (χ0v) is 11.7. The van der Waals surface area contributed by atoms with E-state index in [0.717, 1.165) is 20.1 Å². The van der Waals surface area contributed by atoms with Crippen molar-refractivity contribution in [3.8, 4) is 0 Å². The Hall–Kier alpha value is 0.320. The van der Waals surface area contributed by atoms with E-state index in [1.54, 1.807) is 22.7 Å². The highest BCUT2D eigenvalue weighted by molar-refractivity contribution is 9.11. The van der Waals surface area contributed by atoms with Crippen LogP contribution in [0.4, 0.5) is 0 Å². The maximum Gasteiger partial charge on any atom is 0.108 e. The fourth-order valence-corrected chi connectivity index (χ4v) is 4.21. The van der Waals surface area contributed by atoms with Crippen molar-refractivity contribution in [1.29, 1.82) is 0 Å². The summed E-state index contributed by atoms with van der Waals surface area (Å²) >= 11 is 9.99. The largest absolute Gasteiger partial charge is 0.384 e. The fourth-order valence-electron chi connectivity index (χ4n) is 1.14. The van der Waals surface area contributed by atoms with Crippen LogP contribution in [0.5, 0.6) is 0 Å². The molecule has 0 aliphatic heterocycles. The summed E-state index contributed by atoms with van der Waals surface area (Å²) in [6, 6.07) is 0. The van der Waals surface area contributed by atoms with Gasteiger partial charge in [-0.2, -0.15) is 22.7 Å². The summed E-state index contributed by atoms with van der Waals surface area (Å²) < 4.78 is 1.93. The Morgan fingerprint density at radius 3 is 1.64 bits per heavy atom. The molecule has 0 fully saturated rings. The minimum absolute atomic E-state index is 0.545. The van der Waals surface area contributed by atoms with Crippen molar-refractivity contribution in [2.75, 3.05) is 0 Å². The van der Waals surface area contributed by atoms with Crippen molar-refractivity contribution < 1.29 is 5.11 Å². The van der Waals surface area contributed by atoms with Crippen molar-refractivity contribution in [3.63, 3.8) is 0 Å². The Morgan fingerprint density at radius 1 is 0.929 bits per heavy atom. The molecular formula is C9H6Br2OS2. The number of rotatable bonds is 2. The molecule has 0 bridgehead atoms. The lowest BCUT2D eigenvalue weighted by molar-refractivity contribution is 0.220. The average Bonchev–Trinajstić information content (AvgIpc) is 2.73. The van der Waals surface area contributed by atoms with Crippen LogP contribution in [0.15, 0.2) is 30.5 Å². The molecule has 0 spiro atoms. The van der Waals surface area contributed by atoms with Gasteiger partial charge in [0.1, 0.15) is 6.10 Å². The summed E-state index contributed by atoms with van der Waals surface area (Å²) in [7, 11) is 0. The van der Waals surface area contributed by atoms with Gasteiger partial charge in [0.25, 0.3) is 0 Å². The summed E-state index contributed by atoms with van der Waals surface area (Å²) in [5, 5.41) is 17.9. The van der Waals surface area contributed by atoms with Crippen LogP contribution < -0.4 is 0 Å². The van der Waals surface area contributed by atoms with Crippen molar-refractivity contribution in [1.82, 2.24) is 0 Å². The molecular weight excluding hydrogens is 348 g/mol. The van der Waals surface area contributed by atoms with Crippen LogP contribution in [-0.2, 0) is 0 Å². The van der Waals surface area contributed by atoms with Crippen LogP contribution in [-0.4, -0.2) is 5.11 Å². The van der Waals surface area contributed by atoms with Crippen molar-refractivity contribution in [3.05, 3.63) is 41.6 Å². The monoisotopic (exact) mass is 352 g/mol. The summed E-state index contributed by atoms with van der Waals surface area (Å²) in [6.07, 6.45) is -0.545. The second-order valence-corrected chi connectivity index (χ2v) is 5.95. The van der Waals surface area contributed by atoms with Crippen molar-refractivity contribution in [2.24, 2.45) is 0 Å². The Morgan fingerprint density at radius 2 is 1.36 bits per heavy atom. The van der Waals surface area contributed by atoms with Crippen LogP contribution in [0.3, 0.4) is 0 Å². The predicted molar refractivity (Wildman–Crippen MR) is 68.1 cm³/mol. The van der Waals surface area contributed by atoms with E-state index in [9.17, 15) is 5.11 Å². The number of aliphatic hydroxyl groups is 1. The van der Waals surface area contributed by atoms with Crippen LogP contribution in [0.1, 0.15) is 17.2 Å². The molecule has 2 heterocycles. The standard InChI is InChI=1S/C9H6Br2OS2/c10-7-3-13-1-5(7)9(12)6-2-14-4-8(6)11/h1-4,9,12H. The number of halogens is 2. The van der Waals surface area contributed by atoms with Gasteiger partial charge in [-0.25, -0.2) is 0 Å². The molecule has 0 unspecified atom stereocenters. The number of thiophene rings is 2. The number of hydrogen-bond donors (Lipinski definition) is 1. The average molecular weight is 354 g/mol. The Labute approximate surface area is 107 Å². The van der Waals surface area contributed by atoms with E-state index in [1.165, 1.54) is 0 Å². The quantitative estimate of drug-likeness (QED) is 0.847. The third-order valence-corrected chi connectivity index (χ3v) is 5.38. The third kappa shape index (κ3) is 1.97. The fraction of sp³-hybridized carbons (Fsp3) is 0.111. The normalized spacial score (nSPS) is 11.1. The summed E-state index contributed by atoms with van der Waals surface area (Å²) in [5.74, 6) is 0. The zero-order valence-electron chi connectivity index (χ0n) is 6.91. The maximum atomic E-state index is 10.1. The first-order chi connectivity index (χ1) is 6.70. The molecule has 2 aromatic rings. The van der Waals surface area contributed by atoms with Crippen molar-refractivity contribution in [2.45, 2.75) is 6.10 Å². The Bertz CT molecular complexity index is 395. The van der Waals surface area contributed by atoms with E-state index in [4.69, 9.17) is 0 Å². The molecule has 1 N–H and O–H groups in total. The smallest absolute Gasteiger partial charge is 0.108 e. The predicted octanol–water partition coefficient (Wildman–Crippen LogP) is 4.42. The first-order valence-electron chi connectivity index (χ1n) is 3.81. The van der Waals surface area contributed by atoms with Gasteiger partial charge in [0.15, 0.2) is 0 Å². The number of aliphatic hydroxyl groups excluding tert-OH is 1. The van der Waals surface area contributed by atoms with Crippen LogP contribution in [0.25, 0.3) is 0 Å². The first-order valence-corrected chi connectivity index (χ1v) is 7.28. The van der Waals surface area contributed by atoms with Gasteiger partial charge in [-0.1, -0.05) is 0 Å². The molecule has 5 heteroatoms. The van der Waals surface area contributed by atoms with Gasteiger partial charge >= 0.3 is 0 Å². The summed E-state index contributed by atoms with van der Waals surface area (Å²) in [6.45, 7) is 0.